The van der Waals surface area contributed by atoms with Crippen molar-refractivity contribution in [3.63, 3.8) is 0 Å². The first kappa shape index (κ1) is 15.4. The van der Waals surface area contributed by atoms with Crippen LogP contribution in [-0.4, -0.2) is 46.0 Å². The van der Waals surface area contributed by atoms with Gasteiger partial charge in [-0.15, -0.1) is 0 Å². The molecule has 1 aromatic carbocycles. The molecular weight excluding hydrogens is 282 g/mol. The van der Waals surface area contributed by atoms with Crippen LogP contribution in [0.25, 0.3) is 0 Å². The minimum absolute atomic E-state index is 0.113. The minimum atomic E-state index is -3.59. The molecular formula is C13H19NO5S. The number of nitrogens with one attached hydrogen (secondary N) is 1. The van der Waals surface area contributed by atoms with Crippen LogP contribution >= 0.6 is 0 Å². The van der Waals surface area contributed by atoms with Gasteiger partial charge >= 0.3 is 0 Å². The van der Waals surface area contributed by atoms with Crippen LogP contribution in [0, 0.1) is 0 Å². The van der Waals surface area contributed by atoms with Crippen LogP contribution in [0.5, 0.6) is 0 Å². The molecule has 1 aliphatic heterocycles. The highest BCUT2D eigenvalue weighted by molar-refractivity contribution is 7.89. The molecule has 1 aliphatic rings. The van der Waals surface area contributed by atoms with Crippen molar-refractivity contribution in [1.29, 1.82) is 0 Å². The van der Waals surface area contributed by atoms with Crippen molar-refractivity contribution < 1.29 is 23.0 Å². The molecule has 0 saturated carbocycles. The van der Waals surface area contributed by atoms with E-state index in [4.69, 9.17) is 14.6 Å². The molecule has 6 nitrogen and oxygen atoms in total. The monoisotopic (exact) mass is 301 g/mol. The number of ether oxygens (including phenoxy) is 2. The van der Waals surface area contributed by atoms with Crippen LogP contribution < -0.4 is 4.72 Å². The Balaban J connectivity index is 2.06. The van der Waals surface area contributed by atoms with E-state index in [1.807, 2.05) is 0 Å². The van der Waals surface area contributed by atoms with E-state index in [2.05, 4.69) is 4.72 Å². The molecule has 1 saturated heterocycles. The van der Waals surface area contributed by atoms with Gasteiger partial charge in [0.25, 0.3) is 0 Å². The summed E-state index contributed by atoms with van der Waals surface area (Å²) in [5.41, 5.74) is 0.0829. The maximum atomic E-state index is 12.2. The van der Waals surface area contributed by atoms with E-state index in [1.165, 1.54) is 12.1 Å². The highest BCUT2D eigenvalue weighted by Crippen LogP contribution is 2.22. The van der Waals surface area contributed by atoms with Crippen molar-refractivity contribution in [3.05, 3.63) is 29.8 Å². The summed E-state index contributed by atoms with van der Waals surface area (Å²) >= 11 is 0. The van der Waals surface area contributed by atoms with E-state index in [0.717, 1.165) is 0 Å². The highest BCUT2D eigenvalue weighted by atomic mass is 32.2. The molecule has 2 rings (SSSR count). The molecule has 0 radical (unpaired) electrons. The first-order chi connectivity index (χ1) is 9.51. The first-order valence-electron chi connectivity index (χ1n) is 6.34. The third-order valence-electron chi connectivity index (χ3n) is 3.50. The second-order valence-electron chi connectivity index (χ2n) is 4.82. The lowest BCUT2D eigenvalue weighted by atomic mass is 10.0. The second-order valence-corrected chi connectivity index (χ2v) is 6.58. The van der Waals surface area contributed by atoms with Gasteiger partial charge in [0.1, 0.15) is 5.60 Å². The summed E-state index contributed by atoms with van der Waals surface area (Å²) in [7, 11) is -2.03. The second kappa shape index (κ2) is 6.19. The number of hydrogen-bond donors (Lipinski definition) is 2. The van der Waals surface area contributed by atoms with Crippen LogP contribution in [0.2, 0.25) is 0 Å². The Hall–Kier alpha value is -0.990. The maximum Gasteiger partial charge on any atom is 0.240 e. The molecule has 0 aromatic heterocycles. The number of hydrogen-bond acceptors (Lipinski definition) is 5. The number of rotatable bonds is 6. The zero-order valence-corrected chi connectivity index (χ0v) is 12.1. The van der Waals surface area contributed by atoms with Crippen molar-refractivity contribution >= 4 is 10.0 Å². The molecule has 20 heavy (non-hydrogen) atoms. The van der Waals surface area contributed by atoms with Gasteiger partial charge in [-0.3, -0.25) is 0 Å². The summed E-state index contributed by atoms with van der Waals surface area (Å²) < 4.78 is 37.6. The fourth-order valence-electron chi connectivity index (χ4n) is 2.04. The number of aliphatic hydroxyl groups is 1. The van der Waals surface area contributed by atoms with Crippen molar-refractivity contribution in [2.24, 2.45) is 0 Å². The van der Waals surface area contributed by atoms with E-state index >= 15 is 0 Å². The summed E-state index contributed by atoms with van der Waals surface area (Å²) in [6.45, 7) is 1.02. The molecule has 2 N–H and O–H groups in total. The van der Waals surface area contributed by atoms with Gasteiger partial charge < -0.3 is 14.6 Å². The lowest BCUT2D eigenvalue weighted by molar-refractivity contribution is -0.0120. The van der Waals surface area contributed by atoms with Crippen LogP contribution in [0.15, 0.2) is 29.2 Å². The average Bonchev–Trinajstić information content (AvgIpc) is 2.95. The van der Waals surface area contributed by atoms with Gasteiger partial charge in [-0.05, 0) is 17.7 Å². The first-order valence-corrected chi connectivity index (χ1v) is 7.82. The average molecular weight is 301 g/mol. The van der Waals surface area contributed by atoms with Crippen molar-refractivity contribution in [3.8, 4) is 0 Å². The summed E-state index contributed by atoms with van der Waals surface area (Å²) in [6, 6.07) is 6.11. The minimum Gasteiger partial charge on any atom is -0.392 e. The molecule has 7 heteroatoms. The summed E-state index contributed by atoms with van der Waals surface area (Å²) in [5, 5.41) is 8.95. The van der Waals surface area contributed by atoms with E-state index in [9.17, 15) is 8.42 Å². The van der Waals surface area contributed by atoms with E-state index < -0.39 is 15.6 Å². The lowest BCUT2D eigenvalue weighted by Crippen LogP contribution is -2.44. The topological polar surface area (TPSA) is 84.9 Å². The van der Waals surface area contributed by atoms with Gasteiger partial charge in [0.15, 0.2) is 0 Å². The Kier molecular flexibility index (Phi) is 4.77. The quantitative estimate of drug-likeness (QED) is 0.787. The largest absolute Gasteiger partial charge is 0.392 e. The van der Waals surface area contributed by atoms with Crippen molar-refractivity contribution in [2.45, 2.75) is 23.5 Å². The lowest BCUT2D eigenvalue weighted by Gasteiger charge is -2.25. The normalized spacial score (nSPS) is 23.1. The smallest absolute Gasteiger partial charge is 0.240 e. The molecule has 112 valence electrons. The Morgan fingerprint density at radius 1 is 1.40 bits per heavy atom. The Morgan fingerprint density at radius 2 is 2.10 bits per heavy atom. The Labute approximate surface area is 118 Å². The number of sulfonamides is 1. The number of methoxy groups -OCH3 is 1. The SMILES string of the molecule is COC1(CNS(=O)(=O)c2ccc(CO)cc2)CCOC1. The van der Waals surface area contributed by atoms with Gasteiger partial charge in [0.05, 0.1) is 18.1 Å². The molecule has 1 atom stereocenters. The van der Waals surface area contributed by atoms with Gasteiger partial charge in [0.2, 0.25) is 10.0 Å². The number of aliphatic hydroxyl groups excluding tert-OH is 1. The van der Waals surface area contributed by atoms with Crippen LogP contribution in [0.1, 0.15) is 12.0 Å². The fourth-order valence-corrected chi connectivity index (χ4v) is 3.16. The third-order valence-corrected chi connectivity index (χ3v) is 4.92. The zero-order valence-electron chi connectivity index (χ0n) is 11.3. The third kappa shape index (κ3) is 3.36. The maximum absolute atomic E-state index is 12.2. The number of benzene rings is 1. The van der Waals surface area contributed by atoms with Crippen LogP contribution in [0.4, 0.5) is 0 Å². The molecule has 1 fully saturated rings. The molecule has 0 amide bonds. The van der Waals surface area contributed by atoms with E-state index in [0.29, 0.717) is 25.2 Å². The molecule has 0 aliphatic carbocycles. The predicted molar refractivity (Wildman–Crippen MR) is 72.7 cm³/mol. The Morgan fingerprint density at radius 3 is 2.60 bits per heavy atom. The van der Waals surface area contributed by atoms with Crippen molar-refractivity contribution in [1.82, 2.24) is 4.72 Å². The predicted octanol–water partition coefficient (Wildman–Crippen LogP) is 0.263. The Bertz CT molecular complexity index is 534. The van der Waals surface area contributed by atoms with E-state index in [1.54, 1.807) is 19.2 Å². The molecule has 0 bridgehead atoms. The fraction of sp³-hybridized carbons (Fsp3) is 0.538. The van der Waals surface area contributed by atoms with Crippen molar-refractivity contribution in [2.75, 3.05) is 26.9 Å². The molecule has 1 unspecified atom stereocenters. The highest BCUT2D eigenvalue weighted by Gasteiger charge is 2.36. The summed E-state index contributed by atoms with van der Waals surface area (Å²) in [6.07, 6.45) is 0.662. The summed E-state index contributed by atoms with van der Waals surface area (Å²) in [5.74, 6) is 0. The van der Waals surface area contributed by atoms with Crippen LogP contribution in [0.3, 0.4) is 0 Å². The van der Waals surface area contributed by atoms with Gasteiger partial charge in [-0.1, -0.05) is 12.1 Å². The van der Waals surface area contributed by atoms with E-state index in [-0.39, 0.29) is 18.0 Å². The molecule has 1 aromatic rings. The standard InChI is InChI=1S/C13H19NO5S/c1-18-13(6-7-19-10-13)9-14-20(16,17)12-4-2-11(8-15)3-5-12/h2-5,14-15H,6-10H2,1H3. The van der Waals surface area contributed by atoms with Gasteiger partial charge in [-0.2, -0.15) is 0 Å². The zero-order chi connectivity index (χ0) is 14.6. The van der Waals surface area contributed by atoms with Crippen LogP contribution in [-0.2, 0) is 26.1 Å². The van der Waals surface area contributed by atoms with Gasteiger partial charge in [0, 0.05) is 26.7 Å². The molecule has 0 spiro atoms. The molecule has 1 heterocycles. The van der Waals surface area contributed by atoms with Gasteiger partial charge in [-0.25, -0.2) is 13.1 Å². The summed E-state index contributed by atoms with van der Waals surface area (Å²) in [4.78, 5) is 0.167.